The predicted molar refractivity (Wildman–Crippen MR) is 52.2 cm³/mol. The van der Waals surface area contributed by atoms with Crippen molar-refractivity contribution in [1.82, 2.24) is 9.97 Å². The smallest absolute Gasteiger partial charge is 0.249 e. The van der Waals surface area contributed by atoms with Gasteiger partial charge >= 0.3 is 0 Å². The lowest BCUT2D eigenvalue weighted by Crippen LogP contribution is -2.34. The third-order valence-electron chi connectivity index (χ3n) is 1.65. The number of halogens is 2. The number of amides is 1. The molecule has 15 heavy (non-hydrogen) atoms. The number of nitrogens with two attached hydrogens (primary N) is 1. The number of hydrogen-bond acceptors (Lipinski definition) is 5. The Kier molecular flexibility index (Phi) is 3.81. The topological polar surface area (TPSA) is 109 Å². The molecule has 0 aliphatic rings. The summed E-state index contributed by atoms with van der Waals surface area (Å²) in [5, 5.41) is 18.4. The first-order valence-electron chi connectivity index (χ1n) is 3.77. The van der Waals surface area contributed by atoms with Crippen molar-refractivity contribution in [2.45, 2.75) is 12.2 Å². The molecule has 0 bridgehead atoms. The fourth-order valence-electron chi connectivity index (χ4n) is 0.875. The lowest BCUT2D eigenvalue weighted by atomic mass is 10.1. The zero-order valence-electron chi connectivity index (χ0n) is 7.26. The summed E-state index contributed by atoms with van der Waals surface area (Å²) in [7, 11) is 0. The molecule has 0 aliphatic carbocycles. The first-order valence-corrected chi connectivity index (χ1v) is 4.52. The molecule has 0 spiro atoms. The number of aliphatic hydroxyl groups is 2. The van der Waals surface area contributed by atoms with Gasteiger partial charge in [0, 0.05) is 11.8 Å². The Morgan fingerprint density at radius 1 is 1.47 bits per heavy atom. The maximum Gasteiger partial charge on any atom is 0.249 e. The summed E-state index contributed by atoms with van der Waals surface area (Å²) in [4.78, 5) is 17.7. The molecule has 0 saturated carbocycles. The van der Waals surface area contributed by atoms with E-state index < -0.39 is 18.1 Å². The minimum Gasteiger partial charge on any atom is -0.385 e. The number of hydrogen-bond donors (Lipinski definition) is 3. The van der Waals surface area contributed by atoms with Crippen molar-refractivity contribution in [2.75, 3.05) is 0 Å². The van der Waals surface area contributed by atoms with Crippen molar-refractivity contribution < 1.29 is 15.0 Å². The molecule has 0 fully saturated rings. The van der Waals surface area contributed by atoms with Crippen LogP contribution in [0.2, 0.25) is 10.4 Å². The average Bonchev–Trinajstić information content (AvgIpc) is 2.15. The molecular weight excluding hydrogens is 245 g/mol. The van der Waals surface area contributed by atoms with Crippen molar-refractivity contribution in [3.63, 3.8) is 0 Å². The molecule has 0 aromatic carbocycles. The Morgan fingerprint density at radius 3 is 2.53 bits per heavy atom. The average molecular weight is 252 g/mol. The van der Waals surface area contributed by atoms with Gasteiger partial charge in [-0.25, -0.2) is 9.97 Å². The highest BCUT2D eigenvalue weighted by atomic mass is 35.5. The molecule has 1 aromatic heterocycles. The highest BCUT2D eigenvalue weighted by Gasteiger charge is 2.26. The van der Waals surface area contributed by atoms with E-state index in [9.17, 15) is 15.0 Å². The highest BCUT2D eigenvalue weighted by Crippen LogP contribution is 2.23. The second-order valence-corrected chi connectivity index (χ2v) is 3.37. The molecule has 82 valence electrons. The first kappa shape index (κ1) is 12.1. The monoisotopic (exact) mass is 251 g/mol. The quantitative estimate of drug-likeness (QED) is 0.503. The summed E-state index contributed by atoms with van der Waals surface area (Å²) in [6.07, 6.45) is -2.24. The van der Waals surface area contributed by atoms with Crippen LogP contribution < -0.4 is 5.73 Å². The van der Waals surface area contributed by atoms with Gasteiger partial charge in [-0.2, -0.15) is 0 Å². The molecule has 1 heterocycles. The van der Waals surface area contributed by atoms with Gasteiger partial charge in [0.15, 0.2) is 6.10 Å². The Hall–Kier alpha value is -0.950. The molecule has 0 radical (unpaired) electrons. The van der Waals surface area contributed by atoms with E-state index in [1.54, 1.807) is 0 Å². The van der Waals surface area contributed by atoms with E-state index >= 15 is 0 Å². The summed E-state index contributed by atoms with van der Waals surface area (Å²) in [6.45, 7) is 0. The number of carbonyl (C=O) groups excluding carboxylic acids is 1. The van der Waals surface area contributed by atoms with Gasteiger partial charge in [0.1, 0.15) is 11.3 Å². The maximum absolute atomic E-state index is 10.6. The van der Waals surface area contributed by atoms with Crippen LogP contribution in [0.15, 0.2) is 6.20 Å². The lowest BCUT2D eigenvalue weighted by molar-refractivity contribution is -0.131. The third-order valence-corrected chi connectivity index (χ3v) is 2.13. The van der Waals surface area contributed by atoms with E-state index in [4.69, 9.17) is 28.9 Å². The first-order chi connectivity index (χ1) is 6.93. The largest absolute Gasteiger partial charge is 0.385 e. The van der Waals surface area contributed by atoms with E-state index in [1.807, 2.05) is 0 Å². The Labute approximate surface area is 94.7 Å². The number of primary amides is 1. The number of nitrogens with zero attached hydrogens (tertiary/aromatic N) is 2. The fraction of sp³-hybridized carbons (Fsp3) is 0.286. The second kappa shape index (κ2) is 4.71. The molecule has 2 unspecified atom stereocenters. The standard InChI is InChI=1S/C7H7Cl2N3O3/c8-5-2(1-11-7(9)12-5)3(13)4(14)6(10)15/h1,3-4,13-14H,(H2,10,15). The summed E-state index contributed by atoms with van der Waals surface area (Å²) in [5.41, 5.74) is 4.77. The van der Waals surface area contributed by atoms with Gasteiger partial charge in [-0.05, 0) is 11.6 Å². The molecule has 2 atom stereocenters. The predicted octanol–water partition coefficient (Wildman–Crippen LogP) is -0.337. The van der Waals surface area contributed by atoms with E-state index in [0.29, 0.717) is 0 Å². The van der Waals surface area contributed by atoms with Crippen molar-refractivity contribution in [1.29, 1.82) is 0 Å². The van der Waals surface area contributed by atoms with E-state index in [-0.39, 0.29) is 16.0 Å². The fourth-order valence-corrected chi connectivity index (χ4v) is 1.29. The van der Waals surface area contributed by atoms with E-state index in [0.717, 1.165) is 6.20 Å². The van der Waals surface area contributed by atoms with Crippen molar-refractivity contribution in [2.24, 2.45) is 5.73 Å². The Bertz CT molecular complexity index is 388. The molecular formula is C7H7Cl2N3O3. The summed E-state index contributed by atoms with van der Waals surface area (Å²) in [5.74, 6) is -1.08. The lowest BCUT2D eigenvalue weighted by Gasteiger charge is -2.15. The summed E-state index contributed by atoms with van der Waals surface area (Å²) >= 11 is 11.0. The van der Waals surface area contributed by atoms with Crippen LogP contribution >= 0.6 is 23.2 Å². The van der Waals surface area contributed by atoms with Gasteiger partial charge in [0.2, 0.25) is 11.2 Å². The van der Waals surface area contributed by atoms with Crippen molar-refractivity contribution >= 4 is 29.1 Å². The van der Waals surface area contributed by atoms with Gasteiger partial charge in [0.25, 0.3) is 0 Å². The molecule has 1 aromatic rings. The summed E-state index contributed by atoms with van der Waals surface area (Å²) in [6, 6.07) is 0. The van der Waals surface area contributed by atoms with Gasteiger partial charge in [-0.3, -0.25) is 4.79 Å². The minimum absolute atomic E-state index is 0.0210. The van der Waals surface area contributed by atoms with Crippen LogP contribution in [-0.2, 0) is 4.79 Å². The van der Waals surface area contributed by atoms with Crippen LogP contribution in [0.4, 0.5) is 0 Å². The Morgan fingerprint density at radius 2 is 2.07 bits per heavy atom. The van der Waals surface area contributed by atoms with E-state index in [1.165, 1.54) is 0 Å². The van der Waals surface area contributed by atoms with Crippen LogP contribution in [0, 0.1) is 0 Å². The molecule has 0 saturated heterocycles. The molecule has 8 heteroatoms. The van der Waals surface area contributed by atoms with Crippen LogP contribution in [0.25, 0.3) is 0 Å². The highest BCUT2D eigenvalue weighted by molar-refractivity contribution is 6.32. The van der Waals surface area contributed by atoms with Gasteiger partial charge in [-0.1, -0.05) is 11.6 Å². The molecule has 0 aliphatic heterocycles. The minimum atomic E-state index is -1.77. The molecule has 1 rings (SSSR count). The van der Waals surface area contributed by atoms with Crippen LogP contribution in [0.1, 0.15) is 11.7 Å². The zero-order valence-corrected chi connectivity index (χ0v) is 8.77. The van der Waals surface area contributed by atoms with Crippen molar-refractivity contribution in [3.05, 3.63) is 22.2 Å². The molecule has 4 N–H and O–H groups in total. The number of carbonyl (C=O) groups is 1. The van der Waals surface area contributed by atoms with Crippen LogP contribution in [0.5, 0.6) is 0 Å². The van der Waals surface area contributed by atoms with Crippen molar-refractivity contribution in [3.8, 4) is 0 Å². The van der Waals surface area contributed by atoms with Crippen LogP contribution in [0.3, 0.4) is 0 Å². The third kappa shape index (κ3) is 2.75. The normalized spacial score (nSPS) is 14.7. The number of aliphatic hydroxyl groups excluding tert-OH is 2. The second-order valence-electron chi connectivity index (χ2n) is 2.68. The maximum atomic E-state index is 10.6. The van der Waals surface area contributed by atoms with Crippen LogP contribution in [-0.4, -0.2) is 32.2 Å². The number of aromatic nitrogens is 2. The molecule has 1 amide bonds. The summed E-state index contributed by atoms with van der Waals surface area (Å²) < 4.78 is 0. The van der Waals surface area contributed by atoms with Gasteiger partial charge in [0.05, 0.1) is 0 Å². The zero-order chi connectivity index (χ0) is 11.6. The number of rotatable bonds is 3. The SMILES string of the molecule is NC(=O)C(O)C(O)c1cnc(Cl)nc1Cl. The van der Waals surface area contributed by atoms with Gasteiger partial charge in [-0.15, -0.1) is 0 Å². The molecule has 6 nitrogen and oxygen atoms in total. The van der Waals surface area contributed by atoms with E-state index in [2.05, 4.69) is 9.97 Å². The van der Waals surface area contributed by atoms with Gasteiger partial charge < -0.3 is 15.9 Å². The Balaban J connectivity index is 3.01.